The third-order valence-electron chi connectivity index (χ3n) is 5.01. The Balaban J connectivity index is 1.99. The predicted octanol–water partition coefficient (Wildman–Crippen LogP) is 3.15. The van der Waals surface area contributed by atoms with Crippen molar-refractivity contribution in [3.63, 3.8) is 0 Å². The molecule has 1 aromatic carbocycles. The number of anilines is 1. The van der Waals surface area contributed by atoms with E-state index in [0.717, 1.165) is 12.1 Å². The number of ether oxygens (including phenoxy) is 1. The zero-order valence-electron chi connectivity index (χ0n) is 17.0. The molecule has 4 rings (SSSR count). The molecule has 12 heteroatoms. The highest BCUT2D eigenvalue weighted by atomic mass is 19.4. The number of aromatic nitrogens is 4. The molecule has 0 aliphatic rings. The second-order valence-electron chi connectivity index (χ2n) is 7.09. The van der Waals surface area contributed by atoms with E-state index >= 15 is 0 Å². The minimum Gasteiger partial charge on any atom is -0.480 e. The topological polar surface area (TPSA) is 121 Å². The Bertz CT molecular complexity index is 1370. The first-order valence-electron chi connectivity index (χ1n) is 9.40. The van der Waals surface area contributed by atoms with Crippen molar-refractivity contribution in [2.24, 2.45) is 5.73 Å². The van der Waals surface area contributed by atoms with E-state index in [0.29, 0.717) is 17.3 Å². The summed E-state index contributed by atoms with van der Waals surface area (Å²) < 4.78 is 61.5. The number of carbonyl (C=O) groups excluding carboxylic acids is 1. The van der Waals surface area contributed by atoms with Gasteiger partial charge in [0.25, 0.3) is 5.91 Å². The van der Waals surface area contributed by atoms with Crippen molar-refractivity contribution >= 4 is 17.5 Å². The SMILES string of the molecule is COc1ncc(C(c2ccn3nc(N)nc3c2)c2cc(C(F)(F)F)ccc2F)cc1C(N)=O. The highest BCUT2D eigenvalue weighted by Gasteiger charge is 2.33. The lowest BCUT2D eigenvalue weighted by Crippen LogP contribution is -2.16. The van der Waals surface area contributed by atoms with E-state index in [2.05, 4.69) is 15.1 Å². The number of primary amides is 1. The molecule has 33 heavy (non-hydrogen) atoms. The van der Waals surface area contributed by atoms with Crippen molar-refractivity contribution in [2.45, 2.75) is 12.1 Å². The van der Waals surface area contributed by atoms with Crippen LogP contribution >= 0.6 is 0 Å². The van der Waals surface area contributed by atoms with Crippen LogP contribution in [0.3, 0.4) is 0 Å². The molecule has 170 valence electrons. The van der Waals surface area contributed by atoms with E-state index < -0.39 is 29.4 Å². The van der Waals surface area contributed by atoms with Gasteiger partial charge in [-0.15, -0.1) is 5.10 Å². The molecule has 0 radical (unpaired) electrons. The van der Waals surface area contributed by atoms with E-state index in [-0.39, 0.29) is 28.5 Å². The highest BCUT2D eigenvalue weighted by Crippen LogP contribution is 2.38. The number of rotatable bonds is 5. The number of nitrogens with zero attached hydrogens (tertiary/aromatic N) is 4. The van der Waals surface area contributed by atoms with E-state index in [4.69, 9.17) is 16.2 Å². The Kier molecular flexibility index (Phi) is 5.36. The fourth-order valence-electron chi connectivity index (χ4n) is 3.55. The van der Waals surface area contributed by atoms with Crippen molar-refractivity contribution in [2.75, 3.05) is 12.8 Å². The van der Waals surface area contributed by atoms with Crippen molar-refractivity contribution in [1.82, 2.24) is 19.6 Å². The third kappa shape index (κ3) is 4.14. The maximum absolute atomic E-state index is 14.9. The van der Waals surface area contributed by atoms with Crippen LogP contribution < -0.4 is 16.2 Å². The summed E-state index contributed by atoms with van der Waals surface area (Å²) in [6, 6.07) is 6.45. The van der Waals surface area contributed by atoms with Crippen LogP contribution in [-0.2, 0) is 6.18 Å². The number of carbonyl (C=O) groups is 1. The zero-order chi connectivity index (χ0) is 23.9. The maximum atomic E-state index is 14.9. The molecule has 1 atom stereocenters. The van der Waals surface area contributed by atoms with Gasteiger partial charge in [0.15, 0.2) is 5.65 Å². The molecule has 0 aliphatic carbocycles. The Hall–Kier alpha value is -4.22. The molecule has 3 aromatic heterocycles. The van der Waals surface area contributed by atoms with E-state index in [1.807, 2.05) is 0 Å². The molecule has 4 N–H and O–H groups in total. The molecule has 8 nitrogen and oxygen atoms in total. The van der Waals surface area contributed by atoms with Gasteiger partial charge < -0.3 is 16.2 Å². The fraction of sp³-hybridized carbons (Fsp3) is 0.143. The highest BCUT2D eigenvalue weighted by molar-refractivity contribution is 5.95. The summed E-state index contributed by atoms with van der Waals surface area (Å²) in [5.74, 6) is -2.95. The number of fused-ring (bicyclic) bond motifs is 1. The number of benzene rings is 1. The normalized spacial score (nSPS) is 12.6. The van der Waals surface area contributed by atoms with E-state index in [9.17, 15) is 22.4 Å². The maximum Gasteiger partial charge on any atom is 0.416 e. The molecule has 0 spiro atoms. The first-order valence-corrected chi connectivity index (χ1v) is 9.40. The number of hydrogen-bond donors (Lipinski definition) is 2. The molecule has 0 fully saturated rings. The lowest BCUT2D eigenvalue weighted by atomic mass is 9.84. The predicted molar refractivity (Wildman–Crippen MR) is 109 cm³/mol. The monoisotopic (exact) mass is 460 g/mol. The quantitative estimate of drug-likeness (QED) is 0.442. The first kappa shape index (κ1) is 22.0. The van der Waals surface area contributed by atoms with Gasteiger partial charge in [-0.2, -0.15) is 18.2 Å². The van der Waals surface area contributed by atoms with Crippen molar-refractivity contribution in [3.8, 4) is 5.88 Å². The van der Waals surface area contributed by atoms with Gasteiger partial charge in [-0.25, -0.2) is 13.9 Å². The van der Waals surface area contributed by atoms with Crippen molar-refractivity contribution in [1.29, 1.82) is 0 Å². The van der Waals surface area contributed by atoms with Crippen molar-refractivity contribution < 1.29 is 27.1 Å². The van der Waals surface area contributed by atoms with Crippen LogP contribution in [0.1, 0.15) is 38.5 Å². The zero-order valence-corrected chi connectivity index (χ0v) is 17.0. The summed E-state index contributed by atoms with van der Waals surface area (Å²) in [5.41, 5.74) is 10.4. The number of pyridine rings is 2. The summed E-state index contributed by atoms with van der Waals surface area (Å²) in [7, 11) is 1.28. The van der Waals surface area contributed by atoms with Gasteiger partial charge in [0, 0.05) is 23.9 Å². The van der Waals surface area contributed by atoms with Gasteiger partial charge in [-0.1, -0.05) is 0 Å². The molecule has 0 aliphatic heterocycles. The smallest absolute Gasteiger partial charge is 0.416 e. The number of amides is 1. The molecule has 0 bridgehead atoms. The molecule has 4 aromatic rings. The average molecular weight is 460 g/mol. The van der Waals surface area contributed by atoms with Crippen LogP contribution in [0.5, 0.6) is 5.88 Å². The summed E-state index contributed by atoms with van der Waals surface area (Å²) in [4.78, 5) is 20.0. The number of halogens is 4. The third-order valence-corrected chi connectivity index (χ3v) is 5.01. The second kappa shape index (κ2) is 8.04. The lowest BCUT2D eigenvalue weighted by molar-refractivity contribution is -0.137. The Labute approximate surface area is 183 Å². The number of nitrogens with two attached hydrogens (primary N) is 2. The van der Waals surface area contributed by atoms with Crippen molar-refractivity contribution in [3.05, 3.63) is 82.4 Å². The largest absolute Gasteiger partial charge is 0.480 e. The summed E-state index contributed by atoms with van der Waals surface area (Å²) in [6.07, 6.45) is -1.94. The second-order valence-corrected chi connectivity index (χ2v) is 7.09. The molecule has 1 amide bonds. The van der Waals surface area contributed by atoms with Gasteiger partial charge in [-0.05, 0) is 47.5 Å². The Morgan fingerprint density at radius 2 is 1.91 bits per heavy atom. The summed E-state index contributed by atoms with van der Waals surface area (Å²) >= 11 is 0. The van der Waals surface area contributed by atoms with Crippen LogP contribution in [0.25, 0.3) is 5.65 Å². The molecule has 1 unspecified atom stereocenters. The minimum atomic E-state index is -4.70. The van der Waals surface area contributed by atoms with Crippen LogP contribution in [0, 0.1) is 5.82 Å². The minimum absolute atomic E-state index is 0.0175. The Morgan fingerprint density at radius 1 is 1.15 bits per heavy atom. The van der Waals surface area contributed by atoms with Crippen LogP contribution in [-0.4, -0.2) is 32.6 Å². The van der Waals surface area contributed by atoms with Gasteiger partial charge in [0.1, 0.15) is 11.4 Å². The standard InChI is InChI=1S/C21H16F4N6O2/c1-33-19-14(18(26)32)6-11(9-28-19)17(10-4-5-31-16(7-10)29-20(27)30-31)13-8-12(21(23,24)25)2-3-15(13)22/h2-9,17H,1H3,(H2,26,32)(H2,27,30). The van der Waals surface area contributed by atoms with Gasteiger partial charge >= 0.3 is 6.18 Å². The first-order chi connectivity index (χ1) is 15.6. The summed E-state index contributed by atoms with van der Waals surface area (Å²) in [5, 5.41) is 3.95. The van der Waals surface area contributed by atoms with Crippen LogP contribution in [0.15, 0.2) is 48.8 Å². The molecular weight excluding hydrogens is 444 g/mol. The lowest BCUT2D eigenvalue weighted by Gasteiger charge is -2.21. The van der Waals surface area contributed by atoms with Crippen LogP contribution in [0.2, 0.25) is 0 Å². The molecule has 3 heterocycles. The summed E-state index contributed by atoms with van der Waals surface area (Å²) in [6.45, 7) is 0. The van der Waals surface area contributed by atoms with E-state index in [1.54, 1.807) is 0 Å². The number of methoxy groups -OCH3 is 1. The molecular formula is C21H16F4N6O2. The van der Waals surface area contributed by atoms with Gasteiger partial charge in [0.2, 0.25) is 11.8 Å². The molecule has 0 saturated heterocycles. The van der Waals surface area contributed by atoms with Gasteiger partial charge in [-0.3, -0.25) is 4.79 Å². The number of hydrogen-bond acceptors (Lipinski definition) is 6. The van der Waals surface area contributed by atoms with E-state index in [1.165, 1.54) is 42.2 Å². The number of alkyl halides is 3. The van der Waals surface area contributed by atoms with Crippen LogP contribution in [0.4, 0.5) is 23.5 Å². The fourth-order valence-corrected chi connectivity index (χ4v) is 3.55. The average Bonchev–Trinajstić information content (AvgIpc) is 3.13. The van der Waals surface area contributed by atoms with Gasteiger partial charge in [0.05, 0.1) is 12.7 Å². The molecule has 0 saturated carbocycles. The Morgan fingerprint density at radius 3 is 2.58 bits per heavy atom. The number of nitrogen functional groups attached to an aromatic ring is 1.